The van der Waals surface area contributed by atoms with Crippen LogP contribution in [-0.4, -0.2) is 14.8 Å². The molecule has 0 saturated heterocycles. The highest BCUT2D eigenvalue weighted by atomic mass is 32.1. The van der Waals surface area contributed by atoms with E-state index in [2.05, 4.69) is 5.10 Å². The van der Waals surface area contributed by atoms with Gasteiger partial charge in [-0.2, -0.15) is 5.10 Å². The molecule has 76 valence electrons. The third kappa shape index (κ3) is 1.87. The predicted octanol–water partition coefficient (Wildman–Crippen LogP) is 0.683. The number of benzene rings is 1. The van der Waals surface area contributed by atoms with Gasteiger partial charge < -0.3 is 5.73 Å². The van der Waals surface area contributed by atoms with Gasteiger partial charge in [0.1, 0.15) is 0 Å². The van der Waals surface area contributed by atoms with Crippen LogP contribution in [0.15, 0.2) is 35.3 Å². The van der Waals surface area contributed by atoms with Gasteiger partial charge in [-0.1, -0.05) is 30.4 Å². The Morgan fingerprint density at radius 3 is 2.93 bits per heavy atom. The third-order valence-corrected chi connectivity index (χ3v) is 2.20. The van der Waals surface area contributed by atoms with Gasteiger partial charge in [-0.3, -0.25) is 4.79 Å². The summed E-state index contributed by atoms with van der Waals surface area (Å²) in [6.45, 7) is 0.180. The molecule has 0 aliphatic carbocycles. The van der Waals surface area contributed by atoms with Gasteiger partial charge in [0.25, 0.3) is 5.56 Å². The van der Waals surface area contributed by atoms with Crippen molar-refractivity contribution in [3.63, 3.8) is 0 Å². The van der Waals surface area contributed by atoms with Crippen LogP contribution in [0.25, 0.3) is 10.8 Å². The summed E-state index contributed by atoms with van der Waals surface area (Å²) < 4.78 is 1.27. The molecule has 1 heterocycles. The highest BCUT2D eigenvalue weighted by molar-refractivity contribution is 7.80. The van der Waals surface area contributed by atoms with Crippen LogP contribution in [0, 0.1) is 0 Å². The fraction of sp³-hybridized carbons (Fsp3) is 0.100. The Morgan fingerprint density at radius 1 is 1.47 bits per heavy atom. The van der Waals surface area contributed by atoms with E-state index in [9.17, 15) is 4.79 Å². The first kappa shape index (κ1) is 9.79. The van der Waals surface area contributed by atoms with Crippen molar-refractivity contribution in [3.05, 3.63) is 40.8 Å². The second-order valence-electron chi connectivity index (χ2n) is 3.16. The highest BCUT2D eigenvalue weighted by Crippen LogP contribution is 2.05. The normalized spacial score (nSPS) is 10.4. The zero-order valence-electron chi connectivity index (χ0n) is 7.88. The summed E-state index contributed by atoms with van der Waals surface area (Å²) in [6, 6.07) is 7.28. The lowest BCUT2D eigenvalue weighted by Gasteiger charge is -2.03. The van der Waals surface area contributed by atoms with Crippen molar-refractivity contribution in [3.8, 4) is 0 Å². The van der Waals surface area contributed by atoms with Crippen molar-refractivity contribution in [2.75, 3.05) is 0 Å². The van der Waals surface area contributed by atoms with E-state index in [1.165, 1.54) is 4.68 Å². The summed E-state index contributed by atoms with van der Waals surface area (Å²) in [5.41, 5.74) is 5.20. The molecule has 4 nitrogen and oxygen atoms in total. The summed E-state index contributed by atoms with van der Waals surface area (Å²) in [4.78, 5) is 12.1. The number of nitrogens with two attached hydrogens (primary N) is 1. The molecule has 0 radical (unpaired) electrons. The van der Waals surface area contributed by atoms with E-state index < -0.39 is 0 Å². The van der Waals surface area contributed by atoms with E-state index in [0.717, 1.165) is 5.39 Å². The first-order valence-corrected chi connectivity index (χ1v) is 4.82. The second-order valence-corrected chi connectivity index (χ2v) is 3.69. The van der Waals surface area contributed by atoms with Crippen molar-refractivity contribution in [1.82, 2.24) is 9.78 Å². The number of fused-ring (bicyclic) bond motifs is 1. The van der Waals surface area contributed by atoms with Gasteiger partial charge in [-0.15, -0.1) is 0 Å². The van der Waals surface area contributed by atoms with Gasteiger partial charge in [-0.25, -0.2) is 4.68 Å². The van der Waals surface area contributed by atoms with Gasteiger partial charge in [0.2, 0.25) is 0 Å². The molecule has 2 rings (SSSR count). The van der Waals surface area contributed by atoms with Crippen LogP contribution < -0.4 is 11.3 Å². The first-order valence-electron chi connectivity index (χ1n) is 4.41. The summed E-state index contributed by atoms with van der Waals surface area (Å²) in [6.07, 6.45) is 1.63. The molecular formula is C10H9N3OS. The molecule has 0 unspecified atom stereocenters. The molecule has 1 aromatic carbocycles. The fourth-order valence-corrected chi connectivity index (χ4v) is 1.51. The Balaban J connectivity index is 2.65. The lowest BCUT2D eigenvalue weighted by molar-refractivity contribution is 0.681. The molecule has 0 aliphatic rings. The molecule has 5 heteroatoms. The molecule has 15 heavy (non-hydrogen) atoms. The maximum atomic E-state index is 11.8. The molecule has 2 N–H and O–H groups in total. The molecular weight excluding hydrogens is 210 g/mol. The molecule has 0 bridgehead atoms. The van der Waals surface area contributed by atoms with Crippen molar-refractivity contribution in [1.29, 1.82) is 0 Å². The van der Waals surface area contributed by atoms with Crippen molar-refractivity contribution in [2.45, 2.75) is 6.54 Å². The minimum Gasteiger partial charge on any atom is -0.392 e. The molecule has 0 fully saturated rings. The average molecular weight is 219 g/mol. The van der Waals surface area contributed by atoms with Crippen LogP contribution >= 0.6 is 12.2 Å². The van der Waals surface area contributed by atoms with Gasteiger partial charge in [0.05, 0.1) is 23.1 Å². The smallest absolute Gasteiger partial charge is 0.275 e. The molecule has 0 amide bonds. The molecule has 2 aromatic rings. The van der Waals surface area contributed by atoms with E-state index >= 15 is 0 Å². The Bertz CT molecular complexity index is 576. The van der Waals surface area contributed by atoms with E-state index in [1.807, 2.05) is 18.2 Å². The average Bonchev–Trinajstić information content (AvgIpc) is 2.22. The van der Waals surface area contributed by atoms with Crippen molar-refractivity contribution in [2.24, 2.45) is 5.73 Å². The number of rotatable bonds is 2. The monoisotopic (exact) mass is 219 g/mol. The lowest BCUT2D eigenvalue weighted by Crippen LogP contribution is -2.28. The Morgan fingerprint density at radius 2 is 2.20 bits per heavy atom. The summed E-state index contributed by atoms with van der Waals surface area (Å²) >= 11 is 4.74. The second kappa shape index (κ2) is 3.78. The number of thiocarbonyl (C=S) groups is 1. The molecule has 0 aliphatic heterocycles. The Kier molecular flexibility index (Phi) is 2.47. The van der Waals surface area contributed by atoms with Crippen LogP contribution in [0.2, 0.25) is 0 Å². The van der Waals surface area contributed by atoms with E-state index in [0.29, 0.717) is 5.39 Å². The van der Waals surface area contributed by atoms with Crippen LogP contribution in [0.5, 0.6) is 0 Å². The number of nitrogens with zero attached hydrogens (tertiary/aromatic N) is 2. The third-order valence-electron chi connectivity index (χ3n) is 2.07. The van der Waals surface area contributed by atoms with Crippen LogP contribution in [-0.2, 0) is 6.54 Å². The maximum absolute atomic E-state index is 11.8. The molecule has 1 aromatic heterocycles. The Hall–Kier alpha value is -1.75. The SMILES string of the molecule is NC(=S)Cn1ncc2ccccc2c1=O. The molecule has 0 saturated carbocycles. The topological polar surface area (TPSA) is 60.9 Å². The van der Waals surface area contributed by atoms with E-state index in [1.54, 1.807) is 12.3 Å². The minimum absolute atomic E-state index is 0.166. The van der Waals surface area contributed by atoms with Crippen molar-refractivity contribution >= 4 is 28.0 Å². The summed E-state index contributed by atoms with van der Waals surface area (Å²) in [5.74, 6) is 0. The highest BCUT2D eigenvalue weighted by Gasteiger charge is 2.03. The number of aromatic nitrogens is 2. The van der Waals surface area contributed by atoms with E-state index in [4.69, 9.17) is 18.0 Å². The van der Waals surface area contributed by atoms with Crippen molar-refractivity contribution < 1.29 is 0 Å². The summed E-state index contributed by atoms with van der Waals surface area (Å²) in [7, 11) is 0. The van der Waals surface area contributed by atoms with Crippen LogP contribution in [0.1, 0.15) is 0 Å². The summed E-state index contributed by atoms with van der Waals surface area (Å²) in [5, 5.41) is 5.43. The maximum Gasteiger partial charge on any atom is 0.275 e. The Labute approximate surface area is 91.3 Å². The zero-order chi connectivity index (χ0) is 10.8. The first-order chi connectivity index (χ1) is 7.18. The molecule has 0 atom stereocenters. The minimum atomic E-state index is -0.166. The van der Waals surface area contributed by atoms with Gasteiger partial charge >= 0.3 is 0 Å². The standard InChI is InChI=1S/C10H9N3OS/c11-9(15)6-13-10(14)8-4-2-1-3-7(8)5-12-13/h1-5H,6H2,(H2,11,15). The number of hydrogen-bond acceptors (Lipinski definition) is 3. The van der Waals surface area contributed by atoms with Gasteiger partial charge in [0.15, 0.2) is 0 Å². The number of hydrogen-bond donors (Lipinski definition) is 1. The predicted molar refractivity (Wildman–Crippen MR) is 62.8 cm³/mol. The van der Waals surface area contributed by atoms with Gasteiger partial charge in [0, 0.05) is 5.39 Å². The largest absolute Gasteiger partial charge is 0.392 e. The quantitative estimate of drug-likeness (QED) is 0.755. The van der Waals surface area contributed by atoms with E-state index in [-0.39, 0.29) is 17.1 Å². The van der Waals surface area contributed by atoms with Crippen LogP contribution in [0.4, 0.5) is 0 Å². The van der Waals surface area contributed by atoms with Crippen LogP contribution in [0.3, 0.4) is 0 Å². The lowest BCUT2D eigenvalue weighted by atomic mass is 10.2. The fourth-order valence-electron chi connectivity index (χ4n) is 1.39. The molecule has 0 spiro atoms. The zero-order valence-corrected chi connectivity index (χ0v) is 8.70. The van der Waals surface area contributed by atoms with Gasteiger partial charge in [-0.05, 0) is 6.07 Å².